The summed E-state index contributed by atoms with van der Waals surface area (Å²) in [6.07, 6.45) is -8.92. The molecule has 0 atom stereocenters. The lowest BCUT2D eigenvalue weighted by Crippen LogP contribution is -2.27. The maximum Gasteiger partial charge on any atom is 0.417 e. The Morgan fingerprint density at radius 3 is 2.23 bits per heavy atom. The Bertz CT molecular complexity index is 1350. The van der Waals surface area contributed by atoms with E-state index in [1.165, 1.54) is 7.05 Å². The molecule has 1 aliphatic rings. The molecular formula is C20H18F6N4O4S. The van der Waals surface area contributed by atoms with Crippen molar-refractivity contribution < 1.29 is 44.2 Å². The van der Waals surface area contributed by atoms with E-state index in [-0.39, 0.29) is 23.4 Å². The van der Waals surface area contributed by atoms with E-state index < -0.39 is 55.9 Å². The van der Waals surface area contributed by atoms with Gasteiger partial charge in [0.15, 0.2) is 27.6 Å². The number of hydrogen-bond donors (Lipinski definition) is 0. The third-order valence-electron chi connectivity index (χ3n) is 5.28. The van der Waals surface area contributed by atoms with Crippen LogP contribution in [0, 0.1) is 0 Å². The highest BCUT2D eigenvalue weighted by Crippen LogP contribution is 2.36. The summed E-state index contributed by atoms with van der Waals surface area (Å²) in [6.45, 7) is 0.710. The fourth-order valence-corrected chi connectivity index (χ4v) is 4.98. The first-order valence-electron chi connectivity index (χ1n) is 10.2. The quantitative estimate of drug-likeness (QED) is 0.466. The van der Waals surface area contributed by atoms with Crippen LogP contribution < -0.4 is 0 Å². The summed E-state index contributed by atoms with van der Waals surface area (Å²) in [7, 11) is -3.05. The molecule has 1 fully saturated rings. The second-order valence-electron chi connectivity index (χ2n) is 7.76. The number of aryl methyl sites for hydroxylation is 1. The monoisotopic (exact) mass is 524 g/mol. The lowest BCUT2D eigenvalue weighted by molar-refractivity contribution is -0.178. The fraction of sp³-hybridized carbons (Fsp3) is 0.450. The molecule has 0 N–H and O–H groups in total. The van der Waals surface area contributed by atoms with Crippen molar-refractivity contribution in [3.8, 4) is 11.5 Å². The summed E-state index contributed by atoms with van der Waals surface area (Å²) in [6, 6.07) is 1.15. The number of ether oxygens (including phenoxy) is 2. The van der Waals surface area contributed by atoms with Crippen LogP contribution in [0.1, 0.15) is 24.0 Å². The minimum atomic E-state index is -4.89. The third-order valence-corrected chi connectivity index (χ3v) is 7.04. The Labute approximate surface area is 194 Å². The van der Waals surface area contributed by atoms with Crippen LogP contribution in [0.25, 0.3) is 22.7 Å². The van der Waals surface area contributed by atoms with Gasteiger partial charge < -0.3 is 14.0 Å². The van der Waals surface area contributed by atoms with Crippen molar-refractivity contribution in [2.24, 2.45) is 7.05 Å². The number of rotatable bonds is 5. The van der Waals surface area contributed by atoms with E-state index in [0.29, 0.717) is 44.2 Å². The predicted molar refractivity (Wildman–Crippen MR) is 109 cm³/mol. The van der Waals surface area contributed by atoms with Crippen molar-refractivity contribution >= 4 is 21.0 Å². The molecule has 35 heavy (non-hydrogen) atoms. The molecular weight excluding hydrogens is 506 g/mol. The Balaban J connectivity index is 1.81. The van der Waals surface area contributed by atoms with Crippen LogP contribution in [0.5, 0.6) is 0 Å². The molecule has 0 bridgehead atoms. The van der Waals surface area contributed by atoms with E-state index in [1.807, 2.05) is 0 Å². The smallest absolute Gasteiger partial charge is 0.353 e. The van der Waals surface area contributed by atoms with Crippen molar-refractivity contribution in [2.45, 2.75) is 36.4 Å². The number of sulfone groups is 1. The first-order valence-corrected chi connectivity index (χ1v) is 11.9. The van der Waals surface area contributed by atoms with Gasteiger partial charge in [-0.1, -0.05) is 0 Å². The number of halogens is 6. The zero-order valence-electron chi connectivity index (χ0n) is 18.0. The SMILES string of the molecule is Cn1c(-c2ncc(C(F)(F)F)cc2S(=O)(=O)CCC2OCCCO2)nc2cc(C(F)(F)F)cnc21. The molecule has 0 unspecified atom stereocenters. The standard InChI is InChI=1S/C20H18F6N4O4S/c1-30-17-13(7-11(10-28-17)19(21,22)23)29-18(30)16-14(8-12(9-27-16)20(24,25)26)35(31,32)6-3-15-33-4-2-5-34-15/h7-10,15H,2-6H2,1H3. The summed E-state index contributed by atoms with van der Waals surface area (Å²) in [5.74, 6) is -0.877. The van der Waals surface area contributed by atoms with Crippen molar-refractivity contribution in [3.63, 3.8) is 0 Å². The minimum absolute atomic E-state index is 0.0398. The molecule has 3 aromatic heterocycles. The van der Waals surface area contributed by atoms with Gasteiger partial charge in [0.25, 0.3) is 0 Å². The van der Waals surface area contributed by atoms with E-state index in [9.17, 15) is 34.8 Å². The van der Waals surface area contributed by atoms with Gasteiger partial charge >= 0.3 is 12.4 Å². The van der Waals surface area contributed by atoms with E-state index in [2.05, 4.69) is 15.0 Å². The largest absolute Gasteiger partial charge is 0.417 e. The summed E-state index contributed by atoms with van der Waals surface area (Å²) in [4.78, 5) is 10.7. The van der Waals surface area contributed by atoms with E-state index >= 15 is 0 Å². The molecule has 1 aliphatic heterocycles. The van der Waals surface area contributed by atoms with Gasteiger partial charge in [0.05, 0.1) is 35.0 Å². The van der Waals surface area contributed by atoms with Crippen LogP contribution in [-0.4, -0.2) is 53.2 Å². The summed E-state index contributed by atoms with van der Waals surface area (Å²) < 4.78 is 117. The molecule has 0 radical (unpaired) electrons. The fourth-order valence-electron chi connectivity index (χ4n) is 3.51. The van der Waals surface area contributed by atoms with Gasteiger partial charge in [-0.25, -0.2) is 18.4 Å². The number of imidazole rings is 1. The third kappa shape index (κ3) is 5.26. The van der Waals surface area contributed by atoms with Gasteiger partial charge in [-0.05, 0) is 18.6 Å². The van der Waals surface area contributed by atoms with Crippen molar-refractivity contribution in [1.29, 1.82) is 0 Å². The molecule has 8 nitrogen and oxygen atoms in total. The van der Waals surface area contributed by atoms with Gasteiger partial charge in [-0.2, -0.15) is 26.3 Å². The molecule has 4 heterocycles. The lowest BCUT2D eigenvalue weighted by atomic mass is 10.2. The number of aromatic nitrogens is 4. The number of pyridine rings is 2. The Kier molecular flexibility index (Phi) is 6.53. The van der Waals surface area contributed by atoms with E-state index in [0.717, 1.165) is 4.57 Å². The molecule has 0 saturated carbocycles. The normalized spacial score (nSPS) is 16.2. The van der Waals surface area contributed by atoms with Crippen molar-refractivity contribution in [3.05, 3.63) is 35.7 Å². The van der Waals surface area contributed by atoms with Crippen LogP contribution >= 0.6 is 0 Å². The molecule has 1 saturated heterocycles. The second kappa shape index (κ2) is 9.02. The lowest BCUT2D eigenvalue weighted by Gasteiger charge is -2.23. The molecule has 0 spiro atoms. The van der Waals surface area contributed by atoms with Crippen LogP contribution in [0.2, 0.25) is 0 Å². The average molecular weight is 524 g/mol. The first kappa shape index (κ1) is 25.3. The molecule has 0 aliphatic carbocycles. The summed E-state index contributed by atoms with van der Waals surface area (Å²) in [5.41, 5.74) is -3.11. The highest BCUT2D eigenvalue weighted by atomic mass is 32.2. The van der Waals surface area contributed by atoms with Crippen LogP contribution in [-0.2, 0) is 38.7 Å². The van der Waals surface area contributed by atoms with Crippen molar-refractivity contribution in [2.75, 3.05) is 19.0 Å². The summed E-state index contributed by atoms with van der Waals surface area (Å²) in [5, 5.41) is 0. The first-order chi connectivity index (χ1) is 16.3. The minimum Gasteiger partial charge on any atom is -0.353 e. The topological polar surface area (TPSA) is 96.2 Å². The van der Waals surface area contributed by atoms with Crippen LogP contribution in [0.3, 0.4) is 0 Å². The molecule has 4 rings (SSSR count). The Morgan fingerprint density at radius 2 is 1.60 bits per heavy atom. The number of fused-ring (bicyclic) bond motifs is 1. The van der Waals surface area contributed by atoms with Crippen LogP contribution in [0.4, 0.5) is 26.3 Å². The Morgan fingerprint density at radius 1 is 1.00 bits per heavy atom. The number of alkyl halides is 6. The highest BCUT2D eigenvalue weighted by molar-refractivity contribution is 7.91. The van der Waals surface area contributed by atoms with Gasteiger partial charge in [0, 0.05) is 25.9 Å². The van der Waals surface area contributed by atoms with Crippen LogP contribution in [0.15, 0.2) is 29.4 Å². The van der Waals surface area contributed by atoms with Gasteiger partial charge in [0.2, 0.25) is 0 Å². The highest BCUT2D eigenvalue weighted by Gasteiger charge is 2.36. The van der Waals surface area contributed by atoms with Gasteiger partial charge in [-0.3, -0.25) is 4.98 Å². The molecule has 0 aromatic carbocycles. The van der Waals surface area contributed by atoms with Gasteiger partial charge in [-0.15, -0.1) is 0 Å². The number of nitrogens with zero attached hydrogens (tertiary/aromatic N) is 4. The van der Waals surface area contributed by atoms with Gasteiger partial charge in [0.1, 0.15) is 11.2 Å². The van der Waals surface area contributed by atoms with E-state index in [4.69, 9.17) is 9.47 Å². The predicted octanol–water partition coefficient (Wildman–Crippen LogP) is 3.99. The molecule has 15 heteroatoms. The summed E-state index contributed by atoms with van der Waals surface area (Å²) >= 11 is 0. The molecule has 190 valence electrons. The second-order valence-corrected chi connectivity index (χ2v) is 9.84. The maximum absolute atomic E-state index is 13.4. The zero-order chi connectivity index (χ0) is 25.6. The Hall–Kier alpha value is -2.78. The van der Waals surface area contributed by atoms with Crippen molar-refractivity contribution in [1.82, 2.24) is 19.5 Å². The number of hydrogen-bond acceptors (Lipinski definition) is 7. The average Bonchev–Trinajstić information content (AvgIpc) is 3.12. The zero-order valence-corrected chi connectivity index (χ0v) is 18.8. The maximum atomic E-state index is 13.4. The molecule has 3 aromatic rings. The molecule has 0 amide bonds. The van der Waals surface area contributed by atoms with E-state index in [1.54, 1.807) is 0 Å².